The van der Waals surface area contributed by atoms with E-state index in [1.807, 2.05) is 4.90 Å². The van der Waals surface area contributed by atoms with Gasteiger partial charge in [0.05, 0.1) is 4.92 Å². The van der Waals surface area contributed by atoms with E-state index in [9.17, 15) is 23.7 Å². The highest BCUT2D eigenvalue weighted by Gasteiger charge is 2.22. The van der Waals surface area contributed by atoms with Crippen LogP contribution in [0.1, 0.15) is 16.8 Å². The summed E-state index contributed by atoms with van der Waals surface area (Å²) in [6.45, 7) is 1.98. The zero-order valence-corrected chi connectivity index (χ0v) is 13.8. The summed E-state index contributed by atoms with van der Waals surface area (Å²) >= 11 is 0. The second-order valence-electron chi connectivity index (χ2n) is 5.89. The molecule has 0 unspecified atom stereocenters. The highest BCUT2D eigenvalue weighted by Crippen LogP contribution is 2.18. The highest BCUT2D eigenvalue weighted by atomic mass is 19.2. The van der Waals surface area contributed by atoms with Crippen LogP contribution in [0.25, 0.3) is 0 Å². The summed E-state index contributed by atoms with van der Waals surface area (Å²) in [6, 6.07) is 6.06. The van der Waals surface area contributed by atoms with Crippen molar-refractivity contribution in [2.24, 2.45) is 0 Å². The minimum Gasteiger partial charge on any atom is -0.355 e. The second-order valence-corrected chi connectivity index (χ2v) is 5.89. The summed E-state index contributed by atoms with van der Waals surface area (Å²) in [4.78, 5) is 30.3. The van der Waals surface area contributed by atoms with Gasteiger partial charge in [0.25, 0.3) is 11.6 Å². The molecule has 9 heteroatoms. The molecule has 2 heterocycles. The zero-order chi connectivity index (χ0) is 18.7. The van der Waals surface area contributed by atoms with Crippen LogP contribution in [0.2, 0.25) is 0 Å². The van der Waals surface area contributed by atoms with E-state index < -0.39 is 16.6 Å². The van der Waals surface area contributed by atoms with Crippen LogP contribution in [0.15, 0.2) is 36.5 Å². The van der Waals surface area contributed by atoms with Gasteiger partial charge < -0.3 is 9.80 Å². The molecule has 2 aromatic rings. The van der Waals surface area contributed by atoms with Gasteiger partial charge in [0.2, 0.25) is 0 Å². The van der Waals surface area contributed by atoms with E-state index in [1.165, 1.54) is 18.3 Å². The maximum Gasteiger partial charge on any atom is 0.287 e. The third kappa shape index (κ3) is 3.76. The van der Waals surface area contributed by atoms with Crippen molar-refractivity contribution in [3.05, 3.63) is 63.8 Å². The summed E-state index contributed by atoms with van der Waals surface area (Å²) in [5.41, 5.74) is 0.0181. The predicted molar refractivity (Wildman–Crippen MR) is 90.0 cm³/mol. The molecule has 1 fully saturated rings. The quantitative estimate of drug-likeness (QED) is 0.619. The van der Waals surface area contributed by atoms with Crippen LogP contribution >= 0.6 is 0 Å². The number of anilines is 1. The van der Waals surface area contributed by atoms with Crippen molar-refractivity contribution in [2.45, 2.75) is 6.42 Å². The molecular weight excluding hydrogens is 346 g/mol. The lowest BCUT2D eigenvalue weighted by Gasteiger charge is -2.22. The van der Waals surface area contributed by atoms with E-state index in [0.29, 0.717) is 38.4 Å². The molecule has 0 spiro atoms. The Kier molecular flexibility index (Phi) is 5.06. The lowest BCUT2D eigenvalue weighted by Crippen LogP contribution is -2.35. The van der Waals surface area contributed by atoms with E-state index >= 15 is 0 Å². The molecule has 1 saturated heterocycles. The number of nitrogens with zero attached hydrogens (tertiary/aromatic N) is 4. The summed E-state index contributed by atoms with van der Waals surface area (Å²) in [5, 5.41) is 10.7. The molecule has 1 aromatic carbocycles. The normalized spacial score (nSPS) is 14.8. The average molecular weight is 362 g/mol. The number of halogens is 2. The van der Waals surface area contributed by atoms with Crippen molar-refractivity contribution in [3.63, 3.8) is 0 Å². The molecule has 0 saturated carbocycles. The van der Waals surface area contributed by atoms with Crippen LogP contribution in [0.4, 0.5) is 20.3 Å². The van der Waals surface area contributed by atoms with Crippen LogP contribution in [0.3, 0.4) is 0 Å². The van der Waals surface area contributed by atoms with Crippen LogP contribution in [0.5, 0.6) is 0 Å². The molecule has 0 radical (unpaired) electrons. The van der Waals surface area contributed by atoms with Crippen LogP contribution in [0, 0.1) is 21.7 Å². The van der Waals surface area contributed by atoms with Crippen molar-refractivity contribution >= 4 is 17.4 Å². The Hall–Kier alpha value is -3.10. The number of nitro groups is 1. The number of carbonyl (C=O) groups is 1. The first-order valence-electron chi connectivity index (χ1n) is 8.05. The van der Waals surface area contributed by atoms with Gasteiger partial charge in [-0.15, -0.1) is 0 Å². The first-order chi connectivity index (χ1) is 12.5. The molecule has 1 aliphatic heterocycles. The van der Waals surface area contributed by atoms with Crippen molar-refractivity contribution in [1.82, 2.24) is 9.88 Å². The number of rotatable bonds is 3. The third-order valence-corrected chi connectivity index (χ3v) is 4.22. The van der Waals surface area contributed by atoms with Crippen molar-refractivity contribution in [1.29, 1.82) is 0 Å². The standard InChI is InChI=1S/C17H16F2N4O3/c18-14-4-2-12(10-15(14)19)17(24)22-7-1-6-21(8-9-22)16-5-3-13(11-20-16)23(25)26/h2-5,10-11H,1,6-9H2. The number of hydrogen-bond acceptors (Lipinski definition) is 5. The molecule has 26 heavy (non-hydrogen) atoms. The van der Waals surface area contributed by atoms with E-state index in [2.05, 4.69) is 4.98 Å². The van der Waals surface area contributed by atoms with Crippen LogP contribution in [-0.2, 0) is 0 Å². The van der Waals surface area contributed by atoms with Gasteiger partial charge in [0, 0.05) is 37.8 Å². The highest BCUT2D eigenvalue weighted by molar-refractivity contribution is 5.94. The average Bonchev–Trinajstić information content (AvgIpc) is 2.89. The molecule has 136 valence electrons. The van der Waals surface area contributed by atoms with Gasteiger partial charge in [0.15, 0.2) is 11.6 Å². The predicted octanol–water partition coefficient (Wildman–Crippen LogP) is 2.62. The Morgan fingerprint density at radius 1 is 1.08 bits per heavy atom. The Morgan fingerprint density at radius 2 is 1.88 bits per heavy atom. The van der Waals surface area contributed by atoms with Gasteiger partial charge >= 0.3 is 0 Å². The smallest absolute Gasteiger partial charge is 0.287 e. The number of amides is 1. The first-order valence-corrected chi connectivity index (χ1v) is 8.05. The van der Waals surface area contributed by atoms with Gasteiger partial charge in [0.1, 0.15) is 12.0 Å². The minimum atomic E-state index is -1.05. The van der Waals surface area contributed by atoms with Crippen LogP contribution in [-0.4, -0.2) is 46.9 Å². The first kappa shape index (κ1) is 17.7. The molecule has 0 bridgehead atoms. The van der Waals surface area contributed by atoms with E-state index in [4.69, 9.17) is 0 Å². The SMILES string of the molecule is O=C(c1ccc(F)c(F)c1)N1CCCN(c2ccc([N+](=O)[O-])cn2)CC1. The van der Waals surface area contributed by atoms with Gasteiger partial charge in [-0.25, -0.2) is 13.8 Å². The Labute approximate surface area is 148 Å². The molecule has 0 N–H and O–H groups in total. The van der Waals surface area contributed by atoms with Crippen LogP contribution < -0.4 is 4.90 Å². The van der Waals surface area contributed by atoms with Gasteiger partial charge in [-0.05, 0) is 30.7 Å². The number of carbonyl (C=O) groups excluding carboxylic acids is 1. The molecule has 1 aromatic heterocycles. The molecule has 3 rings (SSSR count). The maximum absolute atomic E-state index is 13.3. The van der Waals surface area contributed by atoms with E-state index in [1.54, 1.807) is 11.0 Å². The summed E-state index contributed by atoms with van der Waals surface area (Å²) in [5.74, 6) is -1.81. The zero-order valence-electron chi connectivity index (χ0n) is 13.8. The van der Waals surface area contributed by atoms with Crippen molar-refractivity contribution in [3.8, 4) is 0 Å². The fourth-order valence-electron chi connectivity index (χ4n) is 2.83. The second kappa shape index (κ2) is 7.42. The Balaban J connectivity index is 1.68. The number of aromatic nitrogens is 1. The van der Waals surface area contributed by atoms with Gasteiger partial charge in [-0.3, -0.25) is 14.9 Å². The largest absolute Gasteiger partial charge is 0.355 e. The summed E-state index contributed by atoms with van der Waals surface area (Å²) in [7, 11) is 0. The molecule has 0 atom stereocenters. The van der Waals surface area contributed by atoms with Gasteiger partial charge in [-0.2, -0.15) is 0 Å². The van der Waals surface area contributed by atoms with E-state index in [-0.39, 0.29) is 17.2 Å². The fraction of sp³-hybridized carbons (Fsp3) is 0.294. The minimum absolute atomic E-state index is 0.0845. The lowest BCUT2D eigenvalue weighted by molar-refractivity contribution is -0.385. The summed E-state index contributed by atoms with van der Waals surface area (Å²) < 4.78 is 26.4. The van der Waals surface area contributed by atoms with Crippen molar-refractivity contribution < 1.29 is 18.5 Å². The Bertz CT molecular complexity index is 829. The van der Waals surface area contributed by atoms with E-state index in [0.717, 1.165) is 12.1 Å². The monoisotopic (exact) mass is 362 g/mol. The molecule has 1 aliphatic rings. The maximum atomic E-state index is 13.3. The van der Waals surface area contributed by atoms with Crippen molar-refractivity contribution in [2.75, 3.05) is 31.1 Å². The molecule has 1 amide bonds. The number of pyridine rings is 1. The molecule has 7 nitrogen and oxygen atoms in total. The molecular formula is C17H16F2N4O3. The third-order valence-electron chi connectivity index (χ3n) is 4.22. The fourth-order valence-corrected chi connectivity index (χ4v) is 2.83. The topological polar surface area (TPSA) is 79.6 Å². The molecule has 0 aliphatic carbocycles. The lowest BCUT2D eigenvalue weighted by atomic mass is 10.2. The van der Waals surface area contributed by atoms with Gasteiger partial charge in [-0.1, -0.05) is 0 Å². The number of benzene rings is 1. The Morgan fingerprint density at radius 3 is 2.54 bits per heavy atom. The number of hydrogen-bond donors (Lipinski definition) is 0. The summed E-state index contributed by atoms with van der Waals surface area (Å²) in [6.07, 6.45) is 1.86.